The van der Waals surface area contributed by atoms with Crippen LogP contribution in [0.1, 0.15) is 33.3 Å². The molecule has 1 aliphatic heterocycles. The molecule has 0 saturated carbocycles. The first-order chi connectivity index (χ1) is 10.8. The van der Waals surface area contributed by atoms with Crippen LogP contribution in [0.25, 0.3) is 0 Å². The van der Waals surface area contributed by atoms with E-state index in [9.17, 15) is 9.59 Å². The van der Waals surface area contributed by atoms with Gasteiger partial charge in [-0.1, -0.05) is 42.1 Å². The second-order valence-corrected chi connectivity index (χ2v) is 7.08. The molecular weight excluding hydrogens is 314 g/mol. The summed E-state index contributed by atoms with van der Waals surface area (Å²) in [6.07, 6.45) is -0.656. The fourth-order valence-electron chi connectivity index (χ4n) is 1.82. The molecule has 1 aliphatic rings. The van der Waals surface area contributed by atoms with Crippen LogP contribution in [0.2, 0.25) is 0 Å². The smallest absolute Gasteiger partial charge is 0.428 e. The van der Waals surface area contributed by atoms with Crippen molar-refractivity contribution in [1.82, 2.24) is 5.43 Å². The third-order valence-electron chi connectivity index (χ3n) is 2.79. The van der Waals surface area contributed by atoms with Crippen molar-refractivity contribution < 1.29 is 14.3 Å². The first-order valence-corrected chi connectivity index (χ1v) is 8.02. The van der Waals surface area contributed by atoms with Crippen LogP contribution >= 0.6 is 11.8 Å². The Balaban J connectivity index is 1.99. The van der Waals surface area contributed by atoms with Crippen molar-refractivity contribution in [2.24, 2.45) is 10.1 Å². The zero-order valence-corrected chi connectivity index (χ0v) is 14.3. The average Bonchev–Trinajstić information content (AvgIpc) is 2.86. The molecule has 0 fully saturated rings. The van der Waals surface area contributed by atoms with Gasteiger partial charge >= 0.3 is 6.09 Å². The maximum atomic E-state index is 12.0. The second kappa shape index (κ2) is 6.95. The fraction of sp³-hybridized carbons (Fsp3) is 0.375. The minimum Gasteiger partial charge on any atom is -0.443 e. The predicted molar refractivity (Wildman–Crippen MR) is 91.8 cm³/mol. The molecule has 0 bridgehead atoms. The molecule has 1 atom stereocenters. The lowest BCUT2D eigenvalue weighted by atomic mass is 10.2. The van der Waals surface area contributed by atoms with Crippen molar-refractivity contribution in [3.8, 4) is 0 Å². The fourth-order valence-corrected chi connectivity index (χ4v) is 2.83. The number of hydrogen-bond donors (Lipinski definition) is 1. The Hall–Kier alpha value is -2.15. The monoisotopic (exact) mass is 333 g/mol. The van der Waals surface area contributed by atoms with Crippen molar-refractivity contribution in [2.75, 3.05) is 0 Å². The molecule has 122 valence electrons. The van der Waals surface area contributed by atoms with E-state index in [4.69, 9.17) is 4.74 Å². The molecule has 2 rings (SSSR count). The second-order valence-electron chi connectivity index (χ2n) is 5.99. The molecule has 6 nitrogen and oxygen atoms in total. The molecule has 0 aromatic heterocycles. The largest absolute Gasteiger partial charge is 0.443 e. The van der Waals surface area contributed by atoms with Crippen LogP contribution in [0.5, 0.6) is 0 Å². The van der Waals surface area contributed by atoms with Crippen LogP contribution in [0.4, 0.5) is 4.79 Å². The molecule has 0 aliphatic carbocycles. The number of carbonyl (C=O) groups excluding carboxylic acids is 2. The zero-order valence-electron chi connectivity index (χ0n) is 13.5. The molecular formula is C16H19N3O3S. The normalized spacial score (nSPS) is 18.6. The molecule has 1 heterocycles. The van der Waals surface area contributed by atoms with Gasteiger partial charge < -0.3 is 4.74 Å². The third-order valence-corrected chi connectivity index (χ3v) is 4.12. The van der Waals surface area contributed by atoms with E-state index in [0.29, 0.717) is 10.8 Å². The molecule has 0 spiro atoms. The maximum Gasteiger partial charge on any atom is 0.428 e. The summed E-state index contributed by atoms with van der Waals surface area (Å²) in [6.45, 7) is 6.97. The van der Waals surface area contributed by atoms with Crippen molar-refractivity contribution >= 4 is 34.5 Å². The molecule has 1 N–H and O–H groups in total. The summed E-state index contributed by atoms with van der Waals surface area (Å²) in [4.78, 5) is 27.7. The summed E-state index contributed by atoms with van der Waals surface area (Å²) in [7, 11) is 0. The number of thioether (sulfide) groups is 1. The molecule has 2 amide bonds. The van der Waals surface area contributed by atoms with Crippen LogP contribution < -0.4 is 5.43 Å². The SMILES string of the molecule is C/C(=N\NC(=O)OC(C)(C)C)C1SC(c2ccccc2)=NC1=O. The summed E-state index contributed by atoms with van der Waals surface area (Å²) in [5.74, 6) is -0.277. The molecule has 0 radical (unpaired) electrons. The van der Waals surface area contributed by atoms with Gasteiger partial charge in [0, 0.05) is 5.56 Å². The Morgan fingerprint density at radius 3 is 2.57 bits per heavy atom. The van der Waals surface area contributed by atoms with E-state index in [1.54, 1.807) is 27.7 Å². The van der Waals surface area contributed by atoms with Crippen LogP contribution in [-0.2, 0) is 9.53 Å². The number of benzene rings is 1. The lowest BCUT2D eigenvalue weighted by molar-refractivity contribution is -0.116. The summed E-state index contributed by atoms with van der Waals surface area (Å²) in [5.41, 5.74) is 3.06. The van der Waals surface area contributed by atoms with Crippen molar-refractivity contribution in [3.63, 3.8) is 0 Å². The summed E-state index contributed by atoms with van der Waals surface area (Å²) in [5, 5.41) is 4.08. The van der Waals surface area contributed by atoms with Gasteiger partial charge in [0.05, 0.1) is 5.71 Å². The molecule has 23 heavy (non-hydrogen) atoms. The number of hydrazone groups is 1. The first-order valence-electron chi connectivity index (χ1n) is 7.14. The summed E-state index contributed by atoms with van der Waals surface area (Å²) >= 11 is 1.32. The van der Waals surface area contributed by atoms with Crippen molar-refractivity contribution in [3.05, 3.63) is 35.9 Å². The van der Waals surface area contributed by atoms with E-state index >= 15 is 0 Å². The van der Waals surface area contributed by atoms with Crippen LogP contribution in [0.3, 0.4) is 0 Å². The number of rotatable bonds is 3. The Bertz CT molecular complexity index is 663. The molecule has 1 aromatic carbocycles. The van der Waals surface area contributed by atoms with Crippen molar-refractivity contribution in [2.45, 2.75) is 38.5 Å². The maximum absolute atomic E-state index is 12.0. The van der Waals surface area contributed by atoms with E-state index in [-0.39, 0.29) is 5.91 Å². The zero-order chi connectivity index (χ0) is 17.0. The van der Waals surface area contributed by atoms with E-state index in [0.717, 1.165) is 5.56 Å². The number of hydrogen-bond acceptors (Lipinski definition) is 5. The van der Waals surface area contributed by atoms with Gasteiger partial charge in [-0.05, 0) is 27.7 Å². The number of nitrogens with one attached hydrogen (secondary N) is 1. The van der Waals surface area contributed by atoms with Crippen molar-refractivity contribution in [1.29, 1.82) is 0 Å². The van der Waals surface area contributed by atoms with Gasteiger partial charge in [-0.25, -0.2) is 15.2 Å². The van der Waals surface area contributed by atoms with Gasteiger partial charge in [0.15, 0.2) is 0 Å². The third kappa shape index (κ3) is 4.92. The lowest BCUT2D eigenvalue weighted by Gasteiger charge is -2.18. The summed E-state index contributed by atoms with van der Waals surface area (Å²) < 4.78 is 5.09. The first kappa shape index (κ1) is 17.2. The Morgan fingerprint density at radius 2 is 1.96 bits per heavy atom. The van der Waals surface area contributed by atoms with E-state index in [1.807, 2.05) is 30.3 Å². The molecule has 7 heteroatoms. The number of amides is 2. The highest BCUT2D eigenvalue weighted by atomic mass is 32.2. The number of nitrogens with zero attached hydrogens (tertiary/aromatic N) is 2. The topological polar surface area (TPSA) is 80.1 Å². The average molecular weight is 333 g/mol. The Morgan fingerprint density at radius 1 is 1.30 bits per heavy atom. The number of aliphatic imine (C=N–C) groups is 1. The van der Waals surface area contributed by atoms with Gasteiger partial charge in [-0.15, -0.1) is 0 Å². The standard InChI is InChI=1S/C16H19N3O3S/c1-10(18-19-15(21)22-16(2,3)4)12-13(20)17-14(23-12)11-8-6-5-7-9-11/h5-9,12H,1-4H3,(H,19,21)/b18-10+. The lowest BCUT2D eigenvalue weighted by Crippen LogP contribution is -2.31. The van der Waals surface area contributed by atoms with E-state index < -0.39 is 16.9 Å². The van der Waals surface area contributed by atoms with Gasteiger partial charge in [0.2, 0.25) is 0 Å². The minimum atomic E-state index is -0.656. The van der Waals surface area contributed by atoms with Gasteiger partial charge in [0.1, 0.15) is 15.9 Å². The number of ether oxygens (including phenoxy) is 1. The molecule has 1 unspecified atom stereocenters. The van der Waals surface area contributed by atoms with Gasteiger partial charge in [-0.3, -0.25) is 4.79 Å². The molecule has 0 saturated heterocycles. The quantitative estimate of drug-likeness (QED) is 0.681. The van der Waals surface area contributed by atoms with Crippen LogP contribution in [0.15, 0.2) is 40.4 Å². The van der Waals surface area contributed by atoms with Gasteiger partial charge in [-0.2, -0.15) is 5.10 Å². The summed E-state index contributed by atoms with van der Waals surface area (Å²) in [6, 6.07) is 9.47. The highest BCUT2D eigenvalue weighted by Gasteiger charge is 2.31. The van der Waals surface area contributed by atoms with Crippen LogP contribution in [-0.4, -0.2) is 33.6 Å². The van der Waals surface area contributed by atoms with Gasteiger partial charge in [0.25, 0.3) is 5.91 Å². The Kier molecular flexibility index (Phi) is 5.20. The highest BCUT2D eigenvalue weighted by molar-refractivity contribution is 8.16. The van der Waals surface area contributed by atoms with E-state index in [2.05, 4.69) is 15.5 Å². The van der Waals surface area contributed by atoms with E-state index in [1.165, 1.54) is 11.8 Å². The Labute approximate surface area is 139 Å². The van der Waals surface area contributed by atoms with Crippen LogP contribution in [0, 0.1) is 0 Å². The number of carbonyl (C=O) groups is 2. The minimum absolute atomic E-state index is 0.277. The molecule has 1 aromatic rings. The highest BCUT2D eigenvalue weighted by Crippen LogP contribution is 2.27. The predicted octanol–water partition coefficient (Wildman–Crippen LogP) is 2.98.